The lowest BCUT2D eigenvalue weighted by Crippen LogP contribution is -2.32. The van der Waals surface area contributed by atoms with Crippen molar-refractivity contribution in [1.29, 1.82) is 0 Å². The number of amides is 1. The molecule has 1 aliphatic heterocycles. The van der Waals surface area contributed by atoms with Gasteiger partial charge in [0.1, 0.15) is 5.92 Å². The summed E-state index contributed by atoms with van der Waals surface area (Å²) in [6.07, 6.45) is -0.329. The average Bonchev–Trinajstić information content (AvgIpc) is 2.92. The maximum Gasteiger partial charge on any atom is 0.312 e. The van der Waals surface area contributed by atoms with Gasteiger partial charge in [-0.3, -0.25) is 9.59 Å². The zero-order chi connectivity index (χ0) is 16.6. The van der Waals surface area contributed by atoms with Crippen LogP contribution < -0.4 is 4.90 Å². The number of carboxylic acid groups (broad SMARTS) is 1. The van der Waals surface area contributed by atoms with Crippen LogP contribution in [-0.4, -0.2) is 23.5 Å². The highest BCUT2D eigenvalue weighted by Crippen LogP contribution is 2.36. The molecule has 0 spiro atoms. The van der Waals surface area contributed by atoms with Crippen LogP contribution in [0.4, 0.5) is 14.5 Å². The van der Waals surface area contributed by atoms with E-state index < -0.39 is 29.4 Å². The second kappa shape index (κ2) is 5.79. The summed E-state index contributed by atoms with van der Waals surface area (Å²) in [6.45, 7) is -0.00948. The Balaban J connectivity index is 1.89. The van der Waals surface area contributed by atoms with Crippen molar-refractivity contribution in [3.8, 4) is 0 Å². The summed E-state index contributed by atoms with van der Waals surface area (Å²) < 4.78 is 26.9. The van der Waals surface area contributed by atoms with Gasteiger partial charge in [0.2, 0.25) is 5.91 Å². The molecule has 1 aliphatic rings. The number of carbonyl (C=O) groups excluding carboxylic acids is 1. The smallest absolute Gasteiger partial charge is 0.312 e. The summed E-state index contributed by atoms with van der Waals surface area (Å²) in [7, 11) is 0. The first kappa shape index (κ1) is 15.1. The Labute approximate surface area is 131 Å². The van der Waals surface area contributed by atoms with E-state index in [4.69, 9.17) is 0 Å². The standard InChI is InChI=1S/C17H13F2NO3/c18-13-6-3-4-10(16(13)19)8-15(21)20-9-12(17(22)23)11-5-1-2-7-14(11)20/h1-7,12H,8-9H2,(H,22,23). The molecule has 0 aliphatic carbocycles. The minimum atomic E-state index is -1.05. The minimum Gasteiger partial charge on any atom is -0.481 e. The number of benzene rings is 2. The SMILES string of the molecule is O=C(O)C1CN(C(=O)Cc2cccc(F)c2F)c2ccccc21. The Bertz CT molecular complexity index is 791. The van der Waals surface area contributed by atoms with Crippen LogP contribution in [0.25, 0.3) is 0 Å². The molecule has 118 valence electrons. The minimum absolute atomic E-state index is 0.00948. The van der Waals surface area contributed by atoms with E-state index in [0.29, 0.717) is 11.3 Å². The first-order valence-corrected chi connectivity index (χ1v) is 7.04. The third-order valence-corrected chi connectivity index (χ3v) is 3.94. The van der Waals surface area contributed by atoms with Crippen molar-refractivity contribution in [2.45, 2.75) is 12.3 Å². The molecule has 0 fully saturated rings. The first-order valence-electron chi connectivity index (χ1n) is 7.04. The van der Waals surface area contributed by atoms with E-state index in [-0.39, 0.29) is 18.5 Å². The van der Waals surface area contributed by atoms with Crippen molar-refractivity contribution in [3.05, 3.63) is 65.2 Å². The normalized spacial score (nSPS) is 16.3. The highest BCUT2D eigenvalue weighted by atomic mass is 19.2. The quantitative estimate of drug-likeness (QED) is 0.947. The molecule has 6 heteroatoms. The number of anilines is 1. The van der Waals surface area contributed by atoms with E-state index in [2.05, 4.69) is 0 Å². The predicted molar refractivity (Wildman–Crippen MR) is 79.2 cm³/mol. The molecular weight excluding hydrogens is 304 g/mol. The van der Waals surface area contributed by atoms with Crippen molar-refractivity contribution in [1.82, 2.24) is 0 Å². The molecule has 1 N–H and O–H groups in total. The molecule has 1 atom stereocenters. The Morgan fingerprint density at radius 2 is 1.87 bits per heavy atom. The maximum atomic E-state index is 13.7. The van der Waals surface area contributed by atoms with Crippen LogP contribution in [-0.2, 0) is 16.0 Å². The number of hydrogen-bond donors (Lipinski definition) is 1. The molecular formula is C17H13F2NO3. The molecule has 0 bridgehead atoms. The number of nitrogens with zero attached hydrogens (tertiary/aromatic N) is 1. The molecule has 1 unspecified atom stereocenters. The van der Waals surface area contributed by atoms with E-state index in [1.165, 1.54) is 17.0 Å². The van der Waals surface area contributed by atoms with Gasteiger partial charge in [-0.25, -0.2) is 8.78 Å². The van der Waals surface area contributed by atoms with Crippen LogP contribution in [0.5, 0.6) is 0 Å². The first-order chi connectivity index (χ1) is 11.0. The van der Waals surface area contributed by atoms with Gasteiger partial charge in [0.25, 0.3) is 0 Å². The molecule has 1 heterocycles. The molecule has 0 saturated carbocycles. The summed E-state index contributed by atoms with van der Waals surface area (Å²) in [5, 5.41) is 9.28. The van der Waals surface area contributed by atoms with Crippen LogP contribution in [0.2, 0.25) is 0 Å². The fourth-order valence-electron chi connectivity index (χ4n) is 2.80. The molecule has 2 aromatic rings. The van der Waals surface area contributed by atoms with Gasteiger partial charge in [-0.15, -0.1) is 0 Å². The van der Waals surface area contributed by atoms with Crippen LogP contribution in [0, 0.1) is 11.6 Å². The molecule has 0 radical (unpaired) electrons. The summed E-state index contributed by atoms with van der Waals surface area (Å²) in [4.78, 5) is 25.1. The van der Waals surface area contributed by atoms with Gasteiger partial charge >= 0.3 is 5.97 Å². The molecule has 2 aromatic carbocycles. The lowest BCUT2D eigenvalue weighted by Gasteiger charge is -2.17. The van der Waals surface area contributed by atoms with Gasteiger partial charge < -0.3 is 10.0 Å². The predicted octanol–water partition coefficient (Wildman–Crippen LogP) is 2.72. The van der Waals surface area contributed by atoms with E-state index in [0.717, 1.165) is 6.07 Å². The lowest BCUT2D eigenvalue weighted by molar-refractivity contribution is -0.138. The van der Waals surface area contributed by atoms with E-state index in [1.807, 2.05) is 0 Å². The van der Waals surface area contributed by atoms with Gasteiger partial charge in [-0.05, 0) is 17.7 Å². The zero-order valence-corrected chi connectivity index (χ0v) is 12.0. The number of aliphatic carboxylic acids is 1. The number of fused-ring (bicyclic) bond motifs is 1. The Hall–Kier alpha value is -2.76. The van der Waals surface area contributed by atoms with Crippen LogP contribution in [0.15, 0.2) is 42.5 Å². The summed E-state index contributed by atoms with van der Waals surface area (Å²) in [5.74, 6) is -4.37. The number of carbonyl (C=O) groups is 2. The van der Waals surface area contributed by atoms with Gasteiger partial charge in [0, 0.05) is 17.8 Å². The van der Waals surface area contributed by atoms with Crippen molar-refractivity contribution >= 4 is 17.6 Å². The van der Waals surface area contributed by atoms with Crippen LogP contribution in [0.1, 0.15) is 17.0 Å². The van der Waals surface area contributed by atoms with Crippen LogP contribution in [0.3, 0.4) is 0 Å². The fourth-order valence-corrected chi connectivity index (χ4v) is 2.80. The largest absolute Gasteiger partial charge is 0.481 e. The van der Waals surface area contributed by atoms with Gasteiger partial charge in [0.15, 0.2) is 11.6 Å². The average molecular weight is 317 g/mol. The Kier molecular flexibility index (Phi) is 3.82. The second-order valence-corrected chi connectivity index (χ2v) is 5.34. The summed E-state index contributed by atoms with van der Waals surface area (Å²) in [5.41, 5.74) is 1.00. The fraction of sp³-hybridized carbons (Fsp3) is 0.176. The highest BCUT2D eigenvalue weighted by Gasteiger charge is 2.36. The zero-order valence-electron chi connectivity index (χ0n) is 12.0. The number of rotatable bonds is 3. The summed E-state index contributed by atoms with van der Waals surface area (Å²) >= 11 is 0. The third kappa shape index (κ3) is 2.67. The van der Waals surface area contributed by atoms with E-state index >= 15 is 0 Å². The molecule has 0 aromatic heterocycles. The van der Waals surface area contributed by atoms with Gasteiger partial charge in [-0.2, -0.15) is 0 Å². The van der Waals surface area contributed by atoms with Gasteiger partial charge in [-0.1, -0.05) is 30.3 Å². The third-order valence-electron chi connectivity index (χ3n) is 3.94. The van der Waals surface area contributed by atoms with Crippen molar-refractivity contribution < 1.29 is 23.5 Å². The Morgan fingerprint density at radius 1 is 1.13 bits per heavy atom. The summed E-state index contributed by atoms with van der Waals surface area (Å²) in [6, 6.07) is 10.4. The molecule has 1 amide bonds. The topological polar surface area (TPSA) is 57.6 Å². The number of halogens is 2. The number of para-hydroxylation sites is 1. The van der Waals surface area contributed by atoms with Crippen molar-refractivity contribution in [2.24, 2.45) is 0 Å². The lowest BCUT2D eigenvalue weighted by atomic mass is 10.0. The monoisotopic (exact) mass is 317 g/mol. The Morgan fingerprint density at radius 3 is 2.61 bits per heavy atom. The molecule has 0 saturated heterocycles. The highest BCUT2D eigenvalue weighted by molar-refractivity contribution is 5.99. The van der Waals surface area contributed by atoms with Gasteiger partial charge in [0.05, 0.1) is 6.42 Å². The second-order valence-electron chi connectivity index (χ2n) is 5.34. The van der Waals surface area contributed by atoms with E-state index in [1.54, 1.807) is 24.3 Å². The number of carboxylic acids is 1. The number of hydrogen-bond acceptors (Lipinski definition) is 2. The molecule has 3 rings (SSSR count). The molecule has 23 heavy (non-hydrogen) atoms. The van der Waals surface area contributed by atoms with Crippen LogP contribution >= 0.6 is 0 Å². The maximum absolute atomic E-state index is 13.7. The molecule has 4 nitrogen and oxygen atoms in total. The van der Waals surface area contributed by atoms with E-state index in [9.17, 15) is 23.5 Å². The van der Waals surface area contributed by atoms with Crippen molar-refractivity contribution in [3.63, 3.8) is 0 Å². The van der Waals surface area contributed by atoms with Crippen molar-refractivity contribution in [2.75, 3.05) is 11.4 Å².